The van der Waals surface area contributed by atoms with E-state index in [4.69, 9.17) is 5.73 Å². The summed E-state index contributed by atoms with van der Waals surface area (Å²) in [4.78, 5) is 14.1. The molecule has 4 nitrogen and oxygen atoms in total. The highest BCUT2D eigenvalue weighted by molar-refractivity contribution is 5.94. The summed E-state index contributed by atoms with van der Waals surface area (Å²) in [6, 6.07) is 11.6. The number of piperidine rings is 1. The second-order valence-corrected chi connectivity index (χ2v) is 5.79. The van der Waals surface area contributed by atoms with Crippen molar-refractivity contribution in [2.75, 3.05) is 24.1 Å². The van der Waals surface area contributed by atoms with Crippen LogP contribution in [0.1, 0.15) is 19.3 Å². The molecule has 0 unspecified atom stereocenters. The van der Waals surface area contributed by atoms with Crippen molar-refractivity contribution in [1.29, 1.82) is 0 Å². The number of likely N-dealkylation sites (tertiary alicyclic amines) is 1. The zero-order chi connectivity index (χ0) is 16.2. The van der Waals surface area contributed by atoms with E-state index in [0.29, 0.717) is 11.4 Å². The Morgan fingerprint density at radius 3 is 2.35 bits per heavy atom. The lowest BCUT2D eigenvalue weighted by atomic mass is 10.0. The number of urea groups is 1. The largest absolute Gasteiger partial charge is 0.397 e. The van der Waals surface area contributed by atoms with Crippen LogP contribution in [0.3, 0.4) is 0 Å². The molecule has 1 saturated heterocycles. The Kier molecular flexibility index (Phi) is 4.46. The minimum absolute atomic E-state index is 0.118. The molecule has 0 atom stereocenters. The van der Waals surface area contributed by atoms with E-state index in [-0.39, 0.29) is 11.8 Å². The van der Waals surface area contributed by atoms with Gasteiger partial charge in [0.15, 0.2) is 0 Å². The predicted molar refractivity (Wildman–Crippen MR) is 90.7 cm³/mol. The Balaban J connectivity index is 1.80. The van der Waals surface area contributed by atoms with E-state index in [2.05, 4.69) is 5.32 Å². The third kappa shape index (κ3) is 3.62. The molecule has 0 aliphatic carbocycles. The molecule has 5 heteroatoms. The minimum Gasteiger partial charge on any atom is -0.397 e. The highest BCUT2D eigenvalue weighted by Crippen LogP contribution is 2.28. The van der Waals surface area contributed by atoms with Gasteiger partial charge in [0.2, 0.25) is 0 Å². The average Bonchev–Trinajstić information content (AvgIpc) is 2.58. The number of amides is 2. The van der Waals surface area contributed by atoms with Crippen molar-refractivity contribution in [3.8, 4) is 11.1 Å². The van der Waals surface area contributed by atoms with Gasteiger partial charge in [-0.2, -0.15) is 0 Å². The number of halogens is 1. The van der Waals surface area contributed by atoms with Gasteiger partial charge in [0.25, 0.3) is 0 Å². The fourth-order valence-corrected chi connectivity index (χ4v) is 2.78. The van der Waals surface area contributed by atoms with Gasteiger partial charge in [-0.15, -0.1) is 0 Å². The molecular weight excluding hydrogens is 293 g/mol. The highest BCUT2D eigenvalue weighted by Gasteiger charge is 2.17. The van der Waals surface area contributed by atoms with Crippen LogP contribution in [0.5, 0.6) is 0 Å². The van der Waals surface area contributed by atoms with Gasteiger partial charge in [-0.05, 0) is 54.7 Å². The van der Waals surface area contributed by atoms with Crippen LogP contribution in [0, 0.1) is 5.82 Å². The van der Waals surface area contributed by atoms with Crippen LogP contribution in [-0.2, 0) is 0 Å². The molecule has 0 saturated carbocycles. The van der Waals surface area contributed by atoms with Gasteiger partial charge >= 0.3 is 6.03 Å². The molecule has 2 aromatic carbocycles. The monoisotopic (exact) mass is 313 g/mol. The fraction of sp³-hybridized carbons (Fsp3) is 0.278. The van der Waals surface area contributed by atoms with Gasteiger partial charge in [0, 0.05) is 13.1 Å². The van der Waals surface area contributed by atoms with Crippen LogP contribution in [-0.4, -0.2) is 24.0 Å². The number of nitrogen functional groups attached to an aromatic ring is 1. The maximum absolute atomic E-state index is 13.0. The summed E-state index contributed by atoms with van der Waals surface area (Å²) in [5.74, 6) is -0.275. The van der Waals surface area contributed by atoms with Crippen molar-refractivity contribution < 1.29 is 9.18 Å². The van der Waals surface area contributed by atoms with E-state index < -0.39 is 0 Å². The molecule has 3 N–H and O–H groups in total. The number of benzene rings is 2. The summed E-state index contributed by atoms with van der Waals surface area (Å²) >= 11 is 0. The molecule has 1 aliphatic heterocycles. The summed E-state index contributed by atoms with van der Waals surface area (Å²) in [5, 5.41) is 2.89. The zero-order valence-electron chi connectivity index (χ0n) is 12.9. The molecule has 2 amide bonds. The van der Waals surface area contributed by atoms with Gasteiger partial charge < -0.3 is 16.0 Å². The lowest BCUT2D eigenvalue weighted by Gasteiger charge is -2.27. The van der Waals surface area contributed by atoms with Crippen LogP contribution in [0.2, 0.25) is 0 Å². The second-order valence-electron chi connectivity index (χ2n) is 5.79. The highest BCUT2D eigenvalue weighted by atomic mass is 19.1. The van der Waals surface area contributed by atoms with E-state index in [9.17, 15) is 9.18 Å². The molecule has 0 bridgehead atoms. The van der Waals surface area contributed by atoms with Crippen LogP contribution in [0.4, 0.5) is 20.6 Å². The third-order valence-electron chi connectivity index (χ3n) is 4.12. The van der Waals surface area contributed by atoms with Crippen LogP contribution in [0.25, 0.3) is 11.1 Å². The average molecular weight is 313 g/mol. The zero-order valence-corrected chi connectivity index (χ0v) is 12.9. The van der Waals surface area contributed by atoms with E-state index in [0.717, 1.165) is 37.1 Å². The van der Waals surface area contributed by atoms with Crippen molar-refractivity contribution in [3.05, 3.63) is 48.3 Å². The SMILES string of the molecule is Nc1ccc(-c2ccc(F)cc2)cc1NC(=O)N1CCCCC1. The van der Waals surface area contributed by atoms with Crippen molar-refractivity contribution >= 4 is 17.4 Å². The van der Waals surface area contributed by atoms with E-state index in [1.165, 1.54) is 18.6 Å². The van der Waals surface area contributed by atoms with E-state index in [1.807, 2.05) is 17.0 Å². The molecule has 1 aliphatic rings. The number of carbonyl (C=O) groups excluding carboxylic acids is 1. The van der Waals surface area contributed by atoms with Gasteiger partial charge in [-0.25, -0.2) is 9.18 Å². The summed E-state index contributed by atoms with van der Waals surface area (Å²) in [6.45, 7) is 1.56. The summed E-state index contributed by atoms with van der Waals surface area (Å²) in [6.07, 6.45) is 3.25. The number of hydrogen-bond acceptors (Lipinski definition) is 2. The minimum atomic E-state index is -0.275. The molecule has 23 heavy (non-hydrogen) atoms. The molecule has 0 spiro atoms. The quantitative estimate of drug-likeness (QED) is 0.820. The van der Waals surface area contributed by atoms with Gasteiger partial charge in [-0.3, -0.25) is 0 Å². The number of rotatable bonds is 2. The first-order chi connectivity index (χ1) is 11.1. The van der Waals surface area contributed by atoms with Crippen molar-refractivity contribution in [2.45, 2.75) is 19.3 Å². The van der Waals surface area contributed by atoms with Gasteiger partial charge in [0.1, 0.15) is 5.82 Å². The smallest absolute Gasteiger partial charge is 0.321 e. The van der Waals surface area contributed by atoms with Gasteiger partial charge in [-0.1, -0.05) is 18.2 Å². The topological polar surface area (TPSA) is 58.4 Å². The molecule has 0 aromatic heterocycles. The van der Waals surface area contributed by atoms with Crippen LogP contribution < -0.4 is 11.1 Å². The maximum atomic E-state index is 13.0. The number of hydrogen-bond donors (Lipinski definition) is 2. The van der Waals surface area contributed by atoms with Crippen molar-refractivity contribution in [1.82, 2.24) is 4.90 Å². The first kappa shape index (κ1) is 15.3. The van der Waals surface area contributed by atoms with E-state index in [1.54, 1.807) is 18.2 Å². The molecule has 2 aromatic rings. The molecular formula is C18H20FN3O. The van der Waals surface area contributed by atoms with Gasteiger partial charge in [0.05, 0.1) is 11.4 Å². The molecule has 3 rings (SSSR count). The predicted octanol–water partition coefficient (Wildman–Crippen LogP) is 4.09. The summed E-state index contributed by atoms with van der Waals surface area (Å²) < 4.78 is 13.0. The Labute approximate surface area is 135 Å². The first-order valence-electron chi connectivity index (χ1n) is 7.85. The number of anilines is 2. The summed E-state index contributed by atoms with van der Waals surface area (Å²) in [7, 11) is 0. The summed E-state index contributed by atoms with van der Waals surface area (Å²) in [5.41, 5.74) is 8.83. The Morgan fingerprint density at radius 2 is 1.65 bits per heavy atom. The number of nitrogens with one attached hydrogen (secondary N) is 1. The molecule has 0 radical (unpaired) electrons. The van der Waals surface area contributed by atoms with Crippen LogP contribution in [0.15, 0.2) is 42.5 Å². The first-order valence-corrected chi connectivity index (χ1v) is 7.85. The maximum Gasteiger partial charge on any atom is 0.321 e. The number of carbonyl (C=O) groups is 1. The van der Waals surface area contributed by atoms with Crippen LogP contribution >= 0.6 is 0 Å². The third-order valence-corrected chi connectivity index (χ3v) is 4.12. The molecule has 1 heterocycles. The molecule has 120 valence electrons. The van der Waals surface area contributed by atoms with Crippen molar-refractivity contribution in [3.63, 3.8) is 0 Å². The second kappa shape index (κ2) is 6.69. The fourth-order valence-electron chi connectivity index (χ4n) is 2.78. The molecule has 1 fully saturated rings. The van der Waals surface area contributed by atoms with Crippen molar-refractivity contribution in [2.24, 2.45) is 0 Å². The normalized spacial score (nSPS) is 14.6. The number of nitrogens with zero attached hydrogens (tertiary/aromatic N) is 1. The standard InChI is InChI=1S/C18H20FN3O/c19-15-7-4-13(5-8-15)14-6-9-16(20)17(12-14)21-18(23)22-10-2-1-3-11-22/h4-9,12H,1-3,10-11,20H2,(H,21,23). The van der Waals surface area contributed by atoms with E-state index >= 15 is 0 Å². The lowest BCUT2D eigenvalue weighted by Crippen LogP contribution is -2.38. The Morgan fingerprint density at radius 1 is 1.00 bits per heavy atom. The Bertz CT molecular complexity index is 694. The Hall–Kier alpha value is -2.56. The lowest BCUT2D eigenvalue weighted by molar-refractivity contribution is 0.200. The number of nitrogens with two attached hydrogens (primary N) is 1.